The summed E-state index contributed by atoms with van der Waals surface area (Å²) in [5.41, 5.74) is 0. The molecule has 0 radical (unpaired) electrons. The van der Waals surface area contributed by atoms with Crippen LogP contribution < -0.4 is 0 Å². The van der Waals surface area contributed by atoms with Gasteiger partial charge in [0.25, 0.3) is 0 Å². The highest BCUT2D eigenvalue weighted by atomic mass is 16.5. The molecule has 0 amide bonds. The van der Waals surface area contributed by atoms with Crippen molar-refractivity contribution in [2.75, 3.05) is 20.3 Å². The molecule has 1 saturated heterocycles. The molecule has 1 N–H and O–H groups in total. The van der Waals surface area contributed by atoms with E-state index in [0.29, 0.717) is 18.6 Å². The second-order valence-electron chi connectivity index (χ2n) is 4.30. The molecule has 2 fully saturated rings. The standard InChI is InChI=1S/C10H18O3/c1-12-9-3-7(4-9)2-8-5-13-6-10(8)11/h7-11H,2-6H2,1H3/t7?,8-,9?,10-/m1/s1. The molecule has 13 heavy (non-hydrogen) atoms. The van der Waals surface area contributed by atoms with E-state index < -0.39 is 0 Å². The Bertz CT molecular complexity index is 166. The number of hydrogen-bond donors (Lipinski definition) is 1. The normalized spacial score (nSPS) is 44.8. The summed E-state index contributed by atoms with van der Waals surface area (Å²) in [5, 5.41) is 9.52. The van der Waals surface area contributed by atoms with Crippen LogP contribution in [0.25, 0.3) is 0 Å². The van der Waals surface area contributed by atoms with Crippen molar-refractivity contribution >= 4 is 0 Å². The number of aliphatic hydroxyl groups excluding tert-OH is 1. The third-order valence-corrected chi connectivity index (χ3v) is 3.33. The highest BCUT2D eigenvalue weighted by Crippen LogP contribution is 2.36. The van der Waals surface area contributed by atoms with Gasteiger partial charge < -0.3 is 14.6 Å². The number of ether oxygens (including phenoxy) is 2. The van der Waals surface area contributed by atoms with Gasteiger partial charge in [-0.1, -0.05) is 0 Å². The van der Waals surface area contributed by atoms with Gasteiger partial charge in [0.15, 0.2) is 0 Å². The summed E-state index contributed by atoms with van der Waals surface area (Å²) in [6.45, 7) is 1.28. The molecule has 0 spiro atoms. The maximum absolute atomic E-state index is 9.52. The zero-order valence-corrected chi connectivity index (χ0v) is 8.11. The summed E-state index contributed by atoms with van der Waals surface area (Å²) in [6.07, 6.45) is 3.70. The molecule has 1 saturated carbocycles. The van der Waals surface area contributed by atoms with E-state index in [1.807, 2.05) is 0 Å². The Morgan fingerprint density at radius 2 is 2.15 bits per heavy atom. The van der Waals surface area contributed by atoms with Crippen LogP contribution in [0.1, 0.15) is 19.3 Å². The molecule has 3 heteroatoms. The van der Waals surface area contributed by atoms with Crippen LogP contribution in [0, 0.1) is 11.8 Å². The van der Waals surface area contributed by atoms with Gasteiger partial charge in [-0.3, -0.25) is 0 Å². The van der Waals surface area contributed by atoms with Crippen LogP contribution in [0.3, 0.4) is 0 Å². The summed E-state index contributed by atoms with van der Waals surface area (Å²) in [6, 6.07) is 0. The third-order valence-electron chi connectivity index (χ3n) is 3.33. The Kier molecular flexibility index (Phi) is 2.86. The fourth-order valence-corrected chi connectivity index (χ4v) is 2.30. The number of aliphatic hydroxyl groups is 1. The average molecular weight is 186 g/mol. The molecule has 0 aromatic carbocycles. The third kappa shape index (κ3) is 2.03. The van der Waals surface area contributed by atoms with Crippen molar-refractivity contribution in [2.24, 2.45) is 11.8 Å². The van der Waals surface area contributed by atoms with Gasteiger partial charge in [-0.2, -0.15) is 0 Å². The van der Waals surface area contributed by atoms with Crippen LogP contribution in [0.15, 0.2) is 0 Å². The van der Waals surface area contributed by atoms with Crippen molar-refractivity contribution in [3.8, 4) is 0 Å². The van der Waals surface area contributed by atoms with Crippen LogP contribution in [0.4, 0.5) is 0 Å². The van der Waals surface area contributed by atoms with E-state index in [1.165, 1.54) is 12.8 Å². The zero-order valence-electron chi connectivity index (χ0n) is 8.11. The quantitative estimate of drug-likeness (QED) is 0.709. The molecule has 76 valence electrons. The van der Waals surface area contributed by atoms with Gasteiger partial charge in [-0.05, 0) is 25.2 Å². The van der Waals surface area contributed by atoms with Gasteiger partial charge in [0.2, 0.25) is 0 Å². The van der Waals surface area contributed by atoms with E-state index in [9.17, 15) is 5.11 Å². The predicted molar refractivity (Wildman–Crippen MR) is 48.5 cm³/mol. The lowest BCUT2D eigenvalue weighted by Crippen LogP contribution is -2.33. The lowest BCUT2D eigenvalue weighted by Gasteiger charge is -2.35. The van der Waals surface area contributed by atoms with E-state index >= 15 is 0 Å². The molecule has 2 rings (SSSR count). The first-order valence-corrected chi connectivity index (χ1v) is 5.08. The van der Waals surface area contributed by atoms with Crippen LogP contribution in [0.5, 0.6) is 0 Å². The SMILES string of the molecule is COC1CC(C[C@@H]2COC[C@H]2O)C1. The topological polar surface area (TPSA) is 38.7 Å². The Morgan fingerprint density at radius 1 is 1.38 bits per heavy atom. The van der Waals surface area contributed by atoms with Crippen molar-refractivity contribution in [3.05, 3.63) is 0 Å². The molecule has 0 aromatic rings. The molecule has 0 unspecified atom stereocenters. The smallest absolute Gasteiger partial charge is 0.0823 e. The molecular weight excluding hydrogens is 168 g/mol. The predicted octanol–water partition coefficient (Wildman–Crippen LogP) is 0.809. The minimum absolute atomic E-state index is 0.221. The molecule has 0 bridgehead atoms. The highest BCUT2D eigenvalue weighted by Gasteiger charge is 2.35. The van der Waals surface area contributed by atoms with Crippen LogP contribution in [0.2, 0.25) is 0 Å². The summed E-state index contributed by atoms with van der Waals surface area (Å²) in [7, 11) is 1.77. The lowest BCUT2D eigenvalue weighted by atomic mass is 9.76. The lowest BCUT2D eigenvalue weighted by molar-refractivity contribution is -0.0124. The Morgan fingerprint density at radius 3 is 2.69 bits per heavy atom. The Labute approximate surface area is 79.0 Å². The van der Waals surface area contributed by atoms with Gasteiger partial charge in [-0.15, -0.1) is 0 Å². The molecular formula is C10H18O3. The summed E-state index contributed by atoms with van der Waals surface area (Å²) >= 11 is 0. The Balaban J connectivity index is 1.68. The van der Waals surface area contributed by atoms with Crippen molar-refractivity contribution in [1.29, 1.82) is 0 Å². The number of hydrogen-bond acceptors (Lipinski definition) is 3. The van der Waals surface area contributed by atoms with Gasteiger partial charge in [0, 0.05) is 13.0 Å². The molecule has 1 aliphatic heterocycles. The monoisotopic (exact) mass is 186 g/mol. The molecule has 0 aromatic heterocycles. The van der Waals surface area contributed by atoms with Crippen molar-refractivity contribution in [2.45, 2.75) is 31.5 Å². The van der Waals surface area contributed by atoms with Crippen LogP contribution in [-0.2, 0) is 9.47 Å². The second-order valence-corrected chi connectivity index (χ2v) is 4.30. The number of methoxy groups -OCH3 is 1. The highest BCUT2D eigenvalue weighted by molar-refractivity contribution is 4.85. The number of rotatable bonds is 3. The first kappa shape index (κ1) is 9.44. The first-order valence-electron chi connectivity index (χ1n) is 5.08. The second kappa shape index (κ2) is 3.95. The first-order chi connectivity index (χ1) is 6.29. The summed E-state index contributed by atoms with van der Waals surface area (Å²) in [4.78, 5) is 0. The van der Waals surface area contributed by atoms with Crippen molar-refractivity contribution in [3.63, 3.8) is 0 Å². The van der Waals surface area contributed by atoms with Gasteiger partial charge in [0.05, 0.1) is 25.4 Å². The Hall–Kier alpha value is -0.120. The van der Waals surface area contributed by atoms with Gasteiger partial charge >= 0.3 is 0 Å². The van der Waals surface area contributed by atoms with Crippen molar-refractivity contribution < 1.29 is 14.6 Å². The maximum Gasteiger partial charge on any atom is 0.0823 e. The molecule has 1 heterocycles. The zero-order chi connectivity index (χ0) is 9.26. The molecule has 2 aliphatic rings. The maximum atomic E-state index is 9.52. The van der Waals surface area contributed by atoms with E-state index in [-0.39, 0.29) is 6.10 Å². The van der Waals surface area contributed by atoms with Crippen LogP contribution in [-0.4, -0.2) is 37.6 Å². The largest absolute Gasteiger partial charge is 0.390 e. The minimum Gasteiger partial charge on any atom is -0.390 e. The molecule has 1 aliphatic carbocycles. The summed E-state index contributed by atoms with van der Waals surface area (Å²) < 4.78 is 10.4. The van der Waals surface area contributed by atoms with Crippen molar-refractivity contribution in [1.82, 2.24) is 0 Å². The van der Waals surface area contributed by atoms with E-state index in [2.05, 4.69) is 0 Å². The van der Waals surface area contributed by atoms with Crippen LogP contribution >= 0.6 is 0 Å². The van der Waals surface area contributed by atoms with Gasteiger partial charge in [-0.25, -0.2) is 0 Å². The fraction of sp³-hybridized carbons (Fsp3) is 1.00. The van der Waals surface area contributed by atoms with E-state index in [0.717, 1.165) is 18.9 Å². The average Bonchev–Trinajstić information content (AvgIpc) is 2.43. The van der Waals surface area contributed by atoms with E-state index in [4.69, 9.17) is 9.47 Å². The molecule has 2 atom stereocenters. The summed E-state index contributed by atoms with van der Waals surface area (Å²) in [5.74, 6) is 1.13. The van der Waals surface area contributed by atoms with E-state index in [1.54, 1.807) is 7.11 Å². The van der Waals surface area contributed by atoms with Gasteiger partial charge in [0.1, 0.15) is 0 Å². The minimum atomic E-state index is -0.221. The molecule has 3 nitrogen and oxygen atoms in total. The fourth-order valence-electron chi connectivity index (χ4n) is 2.30.